The minimum absolute atomic E-state index is 0.222. The maximum atomic E-state index is 11.8. The van der Waals surface area contributed by atoms with Gasteiger partial charge in [-0.15, -0.1) is 0 Å². The molecule has 0 radical (unpaired) electrons. The van der Waals surface area contributed by atoms with Gasteiger partial charge in [0, 0.05) is 0 Å². The molecule has 2 rings (SSSR count). The number of anilines is 1. The first-order chi connectivity index (χ1) is 8.15. The van der Waals surface area contributed by atoms with E-state index in [1.54, 1.807) is 36.4 Å². The van der Waals surface area contributed by atoms with Crippen molar-refractivity contribution in [1.29, 1.82) is 0 Å². The van der Waals surface area contributed by atoms with Crippen LogP contribution >= 0.6 is 23.2 Å². The number of hydrogen-bond donors (Lipinski definition) is 1. The fraction of sp³-hybridized carbons (Fsp3) is 0. The van der Waals surface area contributed by atoms with Crippen LogP contribution in [0.5, 0.6) is 0 Å². The number of carbonyl (C=O) groups is 1. The summed E-state index contributed by atoms with van der Waals surface area (Å²) in [5, 5.41) is 3.14. The zero-order chi connectivity index (χ0) is 12.3. The Morgan fingerprint density at radius 1 is 1.00 bits per heavy atom. The van der Waals surface area contributed by atoms with Gasteiger partial charge in [0.15, 0.2) is 0 Å². The van der Waals surface area contributed by atoms with Crippen LogP contribution in [-0.2, 0) is 0 Å². The molecule has 4 nitrogen and oxygen atoms in total. The summed E-state index contributed by atoms with van der Waals surface area (Å²) in [6, 6.07) is 9.75. The lowest BCUT2D eigenvalue weighted by molar-refractivity contribution is 0.102. The van der Waals surface area contributed by atoms with Gasteiger partial charge in [0.2, 0.25) is 0 Å². The van der Waals surface area contributed by atoms with Crippen molar-refractivity contribution in [2.45, 2.75) is 0 Å². The molecule has 0 saturated heterocycles. The number of hydrogen-bond acceptors (Lipinski definition) is 3. The summed E-state index contributed by atoms with van der Waals surface area (Å²) in [7, 11) is 0. The molecule has 0 atom stereocenters. The third kappa shape index (κ3) is 3.15. The largest absolute Gasteiger partial charge is 0.305 e. The number of amides is 1. The van der Waals surface area contributed by atoms with Gasteiger partial charge in [-0.3, -0.25) is 4.79 Å². The summed E-state index contributed by atoms with van der Waals surface area (Å²) in [5.74, 6) is -0.0217. The highest BCUT2D eigenvalue weighted by molar-refractivity contribution is 6.30. The van der Waals surface area contributed by atoms with Gasteiger partial charge in [-0.25, -0.2) is 9.97 Å². The van der Waals surface area contributed by atoms with Gasteiger partial charge in [0.1, 0.15) is 21.8 Å². The van der Waals surface area contributed by atoms with Crippen LogP contribution in [0.4, 0.5) is 5.82 Å². The average Bonchev–Trinajstić information content (AvgIpc) is 2.29. The highest BCUT2D eigenvalue weighted by atomic mass is 35.5. The monoisotopic (exact) mass is 267 g/mol. The first kappa shape index (κ1) is 11.8. The second kappa shape index (κ2) is 5.12. The number of halogens is 2. The number of aromatic nitrogens is 2. The van der Waals surface area contributed by atoms with Crippen LogP contribution in [0.3, 0.4) is 0 Å². The Morgan fingerprint density at radius 2 is 1.65 bits per heavy atom. The Kier molecular flexibility index (Phi) is 3.56. The second-order valence-electron chi connectivity index (χ2n) is 3.15. The number of pyridine rings is 2. The molecular formula is C11H7Cl2N3O. The van der Waals surface area contributed by atoms with Crippen LogP contribution < -0.4 is 5.32 Å². The van der Waals surface area contributed by atoms with E-state index in [0.717, 1.165) is 0 Å². The number of nitrogens with one attached hydrogen (secondary N) is 1. The molecule has 2 heterocycles. The molecule has 1 amide bonds. The standard InChI is InChI=1S/C11H7Cl2N3O/c12-8-4-1-3-7(14-8)11(17)16-10-6-2-5-9(13)15-10/h1-6H,(H,15,16,17). The molecule has 0 spiro atoms. The first-order valence-electron chi connectivity index (χ1n) is 4.71. The second-order valence-corrected chi connectivity index (χ2v) is 3.92. The molecule has 0 unspecified atom stereocenters. The molecule has 0 aromatic carbocycles. The van der Waals surface area contributed by atoms with Gasteiger partial charge in [0.25, 0.3) is 5.91 Å². The van der Waals surface area contributed by atoms with Crippen molar-refractivity contribution in [2.75, 3.05) is 5.32 Å². The molecule has 2 aromatic rings. The number of carbonyl (C=O) groups excluding carboxylic acids is 1. The zero-order valence-corrected chi connectivity index (χ0v) is 10.0. The Morgan fingerprint density at radius 3 is 2.29 bits per heavy atom. The molecule has 0 aliphatic heterocycles. The van der Waals surface area contributed by atoms with E-state index in [9.17, 15) is 4.79 Å². The maximum Gasteiger partial charge on any atom is 0.275 e. The van der Waals surface area contributed by atoms with Gasteiger partial charge < -0.3 is 5.32 Å². The van der Waals surface area contributed by atoms with E-state index in [2.05, 4.69) is 15.3 Å². The van der Waals surface area contributed by atoms with E-state index in [-0.39, 0.29) is 16.8 Å². The highest BCUT2D eigenvalue weighted by Crippen LogP contribution is 2.11. The summed E-state index contributed by atoms with van der Waals surface area (Å²) in [6.45, 7) is 0. The number of nitrogens with zero attached hydrogens (tertiary/aromatic N) is 2. The van der Waals surface area contributed by atoms with Crippen LogP contribution in [-0.4, -0.2) is 15.9 Å². The summed E-state index contributed by atoms with van der Waals surface area (Å²) in [5.41, 5.74) is 0.222. The summed E-state index contributed by atoms with van der Waals surface area (Å²) >= 11 is 11.4. The Hall–Kier alpha value is -1.65. The smallest absolute Gasteiger partial charge is 0.275 e. The topological polar surface area (TPSA) is 54.9 Å². The fourth-order valence-electron chi connectivity index (χ4n) is 1.19. The lowest BCUT2D eigenvalue weighted by Gasteiger charge is -2.03. The minimum atomic E-state index is -0.387. The van der Waals surface area contributed by atoms with Crippen molar-refractivity contribution >= 4 is 34.9 Å². The molecule has 0 saturated carbocycles. The van der Waals surface area contributed by atoms with Crippen LogP contribution in [0.1, 0.15) is 10.5 Å². The van der Waals surface area contributed by atoms with Crippen molar-refractivity contribution in [1.82, 2.24) is 9.97 Å². The predicted octanol–water partition coefficient (Wildman–Crippen LogP) is 3.04. The third-order valence-electron chi connectivity index (χ3n) is 1.90. The van der Waals surface area contributed by atoms with E-state index < -0.39 is 0 Å². The lowest BCUT2D eigenvalue weighted by atomic mass is 10.3. The molecule has 1 N–H and O–H groups in total. The van der Waals surface area contributed by atoms with Crippen molar-refractivity contribution in [3.05, 3.63) is 52.4 Å². The Balaban J connectivity index is 2.17. The molecule has 6 heteroatoms. The van der Waals surface area contributed by atoms with E-state index in [4.69, 9.17) is 23.2 Å². The molecule has 0 bridgehead atoms. The zero-order valence-electron chi connectivity index (χ0n) is 8.52. The molecule has 0 aliphatic rings. The minimum Gasteiger partial charge on any atom is -0.305 e. The van der Waals surface area contributed by atoms with Crippen LogP contribution in [0.15, 0.2) is 36.4 Å². The molecule has 86 valence electrons. The highest BCUT2D eigenvalue weighted by Gasteiger charge is 2.08. The third-order valence-corrected chi connectivity index (χ3v) is 2.33. The van der Waals surface area contributed by atoms with Gasteiger partial charge in [0.05, 0.1) is 0 Å². The Labute approximate surface area is 108 Å². The van der Waals surface area contributed by atoms with E-state index in [0.29, 0.717) is 11.0 Å². The van der Waals surface area contributed by atoms with E-state index >= 15 is 0 Å². The molecule has 0 fully saturated rings. The lowest BCUT2D eigenvalue weighted by Crippen LogP contribution is -2.14. The first-order valence-corrected chi connectivity index (χ1v) is 5.47. The van der Waals surface area contributed by atoms with Crippen LogP contribution in [0.2, 0.25) is 10.3 Å². The molecule has 2 aromatic heterocycles. The van der Waals surface area contributed by atoms with Gasteiger partial charge in [-0.1, -0.05) is 35.3 Å². The van der Waals surface area contributed by atoms with E-state index in [1.807, 2.05) is 0 Å². The molecular weight excluding hydrogens is 261 g/mol. The quantitative estimate of drug-likeness (QED) is 0.851. The number of rotatable bonds is 2. The van der Waals surface area contributed by atoms with Gasteiger partial charge in [-0.05, 0) is 24.3 Å². The van der Waals surface area contributed by atoms with Crippen molar-refractivity contribution in [3.63, 3.8) is 0 Å². The fourth-order valence-corrected chi connectivity index (χ4v) is 1.52. The summed E-state index contributed by atoms with van der Waals surface area (Å²) < 4.78 is 0. The SMILES string of the molecule is O=C(Nc1cccc(Cl)n1)c1cccc(Cl)n1. The molecule has 0 aliphatic carbocycles. The predicted molar refractivity (Wildman–Crippen MR) is 66.4 cm³/mol. The van der Waals surface area contributed by atoms with E-state index in [1.165, 1.54) is 0 Å². The van der Waals surface area contributed by atoms with Crippen molar-refractivity contribution < 1.29 is 4.79 Å². The van der Waals surface area contributed by atoms with Gasteiger partial charge in [-0.2, -0.15) is 0 Å². The van der Waals surface area contributed by atoms with Crippen molar-refractivity contribution in [2.24, 2.45) is 0 Å². The Bertz CT molecular complexity index is 560. The summed E-state index contributed by atoms with van der Waals surface area (Å²) in [4.78, 5) is 19.6. The van der Waals surface area contributed by atoms with Crippen molar-refractivity contribution in [3.8, 4) is 0 Å². The average molecular weight is 268 g/mol. The summed E-state index contributed by atoms with van der Waals surface area (Å²) in [6.07, 6.45) is 0. The molecule has 17 heavy (non-hydrogen) atoms. The maximum absolute atomic E-state index is 11.8. The van der Waals surface area contributed by atoms with Gasteiger partial charge >= 0.3 is 0 Å². The van der Waals surface area contributed by atoms with Crippen LogP contribution in [0, 0.1) is 0 Å². The normalized spacial score (nSPS) is 10.0. The van der Waals surface area contributed by atoms with Crippen LogP contribution in [0.25, 0.3) is 0 Å².